The summed E-state index contributed by atoms with van der Waals surface area (Å²) in [4.78, 5) is 18.8. The molecule has 0 bridgehead atoms. The van der Waals surface area contributed by atoms with Gasteiger partial charge in [0.2, 0.25) is 5.91 Å². The smallest absolute Gasteiger partial charge is 0.252 e. The van der Waals surface area contributed by atoms with E-state index in [-0.39, 0.29) is 18.9 Å². The van der Waals surface area contributed by atoms with Gasteiger partial charge in [-0.25, -0.2) is 0 Å². The van der Waals surface area contributed by atoms with Crippen molar-refractivity contribution in [2.75, 3.05) is 26.9 Å². The maximum absolute atomic E-state index is 12.8. The lowest BCUT2D eigenvalue weighted by Gasteiger charge is -2.33. The summed E-state index contributed by atoms with van der Waals surface area (Å²) in [5.74, 6) is 0.622. The number of amides is 1. The highest BCUT2D eigenvalue weighted by atomic mass is 35.5. The summed E-state index contributed by atoms with van der Waals surface area (Å²) < 4.78 is 15.6. The molecule has 0 unspecified atom stereocenters. The molecule has 134 valence electrons. The van der Waals surface area contributed by atoms with Crippen molar-refractivity contribution in [2.45, 2.75) is 19.1 Å². The van der Waals surface area contributed by atoms with Crippen LogP contribution in [0.1, 0.15) is 23.3 Å². The maximum Gasteiger partial charge on any atom is 0.252 e. The van der Waals surface area contributed by atoms with Crippen molar-refractivity contribution in [1.29, 1.82) is 0 Å². The molecular weight excluding hydrogens is 369 g/mol. The second-order valence-corrected chi connectivity index (χ2v) is 6.35. The zero-order chi connectivity index (χ0) is 17.8. The van der Waals surface area contributed by atoms with Crippen molar-refractivity contribution in [3.8, 4) is 0 Å². The van der Waals surface area contributed by atoms with Crippen LogP contribution in [0.15, 0.2) is 22.7 Å². The van der Waals surface area contributed by atoms with Crippen molar-refractivity contribution < 1.29 is 18.8 Å². The lowest BCUT2D eigenvalue weighted by Crippen LogP contribution is -2.44. The standard InChI is InChI=1S/C16H17Cl2N3O4/c1-23-9-14-19-16(20-25-14)13-8-24-6-5-21(13)15(22)7-10-11(17)3-2-4-12(10)18/h2-4,13H,5-9H2,1H3/t13-/m1/s1. The second kappa shape index (κ2) is 8.14. The van der Waals surface area contributed by atoms with Crippen LogP contribution in [0.4, 0.5) is 0 Å². The number of rotatable bonds is 5. The molecule has 2 heterocycles. The minimum absolute atomic E-state index is 0.0950. The Bertz CT molecular complexity index is 732. The fraction of sp³-hybridized carbons (Fsp3) is 0.438. The average Bonchev–Trinajstić information content (AvgIpc) is 3.07. The highest BCUT2D eigenvalue weighted by molar-refractivity contribution is 6.36. The van der Waals surface area contributed by atoms with Gasteiger partial charge in [0.25, 0.3) is 5.89 Å². The molecule has 0 aliphatic carbocycles. The molecule has 7 nitrogen and oxygen atoms in total. The van der Waals surface area contributed by atoms with Crippen molar-refractivity contribution in [1.82, 2.24) is 15.0 Å². The molecule has 1 aromatic carbocycles. The lowest BCUT2D eigenvalue weighted by atomic mass is 10.1. The summed E-state index contributed by atoms with van der Waals surface area (Å²) in [7, 11) is 1.54. The maximum atomic E-state index is 12.8. The number of hydrogen-bond acceptors (Lipinski definition) is 6. The number of methoxy groups -OCH3 is 1. The van der Waals surface area contributed by atoms with E-state index in [0.717, 1.165) is 0 Å². The Morgan fingerprint density at radius 1 is 1.40 bits per heavy atom. The van der Waals surface area contributed by atoms with Gasteiger partial charge in [-0.15, -0.1) is 0 Å². The summed E-state index contributed by atoms with van der Waals surface area (Å²) in [6.07, 6.45) is 0.0950. The van der Waals surface area contributed by atoms with E-state index in [2.05, 4.69) is 10.1 Å². The molecule has 9 heteroatoms. The number of aromatic nitrogens is 2. The van der Waals surface area contributed by atoms with Gasteiger partial charge in [0.15, 0.2) is 5.82 Å². The summed E-state index contributed by atoms with van der Waals surface area (Å²) >= 11 is 12.3. The number of carbonyl (C=O) groups excluding carboxylic acids is 1. The average molecular weight is 386 g/mol. The third-order valence-corrected chi connectivity index (χ3v) is 4.60. The predicted octanol–water partition coefficient (Wildman–Crippen LogP) is 2.67. The third-order valence-electron chi connectivity index (χ3n) is 3.89. The SMILES string of the molecule is COCc1nc([C@H]2COCCN2C(=O)Cc2c(Cl)cccc2Cl)no1. The van der Waals surface area contributed by atoms with Crippen LogP contribution >= 0.6 is 23.2 Å². The van der Waals surface area contributed by atoms with Crippen molar-refractivity contribution in [3.05, 3.63) is 45.5 Å². The fourth-order valence-electron chi connectivity index (χ4n) is 2.66. The molecule has 25 heavy (non-hydrogen) atoms. The first-order chi connectivity index (χ1) is 12.1. The number of morpholine rings is 1. The lowest BCUT2D eigenvalue weighted by molar-refractivity contribution is -0.139. The number of nitrogens with zero attached hydrogens (tertiary/aromatic N) is 3. The summed E-state index contributed by atoms with van der Waals surface area (Å²) in [5, 5.41) is 4.87. The van der Waals surface area contributed by atoms with Gasteiger partial charge >= 0.3 is 0 Å². The van der Waals surface area contributed by atoms with Crippen LogP contribution in [-0.2, 0) is 27.3 Å². The number of halogens is 2. The van der Waals surface area contributed by atoms with Gasteiger partial charge in [0.05, 0.1) is 19.6 Å². The van der Waals surface area contributed by atoms with E-state index in [4.69, 9.17) is 37.2 Å². The van der Waals surface area contributed by atoms with Gasteiger partial charge in [0.1, 0.15) is 12.6 Å². The molecule has 0 saturated carbocycles. The first-order valence-corrected chi connectivity index (χ1v) is 8.47. The first kappa shape index (κ1) is 18.1. The molecule has 1 amide bonds. The molecule has 1 saturated heterocycles. The molecule has 0 N–H and O–H groups in total. The van der Waals surface area contributed by atoms with Crippen LogP contribution in [0.2, 0.25) is 10.0 Å². The molecule has 1 aromatic heterocycles. The van der Waals surface area contributed by atoms with Crippen LogP contribution in [-0.4, -0.2) is 47.8 Å². The monoisotopic (exact) mass is 385 g/mol. The van der Waals surface area contributed by atoms with E-state index >= 15 is 0 Å². The Labute approximate surface area is 154 Å². The van der Waals surface area contributed by atoms with E-state index in [9.17, 15) is 4.79 Å². The summed E-state index contributed by atoms with van der Waals surface area (Å²) in [5.41, 5.74) is 0.606. The number of ether oxygens (including phenoxy) is 2. The van der Waals surface area contributed by atoms with Gasteiger partial charge in [-0.05, 0) is 17.7 Å². The Hall–Kier alpha value is -1.67. The third kappa shape index (κ3) is 4.12. The summed E-state index contributed by atoms with van der Waals surface area (Å²) in [6, 6.07) is 4.75. The largest absolute Gasteiger partial charge is 0.377 e. The topological polar surface area (TPSA) is 77.7 Å². The van der Waals surface area contributed by atoms with Gasteiger partial charge in [-0.3, -0.25) is 4.79 Å². The Morgan fingerprint density at radius 3 is 2.88 bits per heavy atom. The molecule has 1 aliphatic heterocycles. The highest BCUT2D eigenvalue weighted by Gasteiger charge is 2.32. The quantitative estimate of drug-likeness (QED) is 0.787. The number of benzene rings is 1. The number of hydrogen-bond donors (Lipinski definition) is 0. The minimum atomic E-state index is -0.420. The van der Waals surface area contributed by atoms with E-state index in [1.54, 1.807) is 23.1 Å². The summed E-state index contributed by atoms with van der Waals surface area (Å²) in [6.45, 7) is 1.39. The van der Waals surface area contributed by atoms with E-state index in [0.29, 0.717) is 47.1 Å². The predicted molar refractivity (Wildman–Crippen MR) is 90.5 cm³/mol. The Balaban J connectivity index is 1.79. The Kier molecular flexibility index (Phi) is 5.90. The van der Waals surface area contributed by atoms with Crippen molar-refractivity contribution in [3.63, 3.8) is 0 Å². The number of carbonyl (C=O) groups is 1. The molecule has 2 aromatic rings. The second-order valence-electron chi connectivity index (χ2n) is 5.53. The van der Waals surface area contributed by atoms with Crippen LogP contribution in [0.25, 0.3) is 0 Å². The Morgan fingerprint density at radius 2 is 2.16 bits per heavy atom. The van der Waals surface area contributed by atoms with E-state index < -0.39 is 6.04 Å². The molecular formula is C16H17Cl2N3O4. The van der Waals surface area contributed by atoms with Gasteiger partial charge in [-0.1, -0.05) is 34.4 Å². The first-order valence-electron chi connectivity index (χ1n) is 7.71. The van der Waals surface area contributed by atoms with E-state index in [1.165, 1.54) is 7.11 Å². The molecule has 1 aliphatic rings. The molecule has 0 spiro atoms. The molecule has 1 fully saturated rings. The zero-order valence-corrected chi connectivity index (χ0v) is 15.1. The van der Waals surface area contributed by atoms with Crippen LogP contribution in [0.5, 0.6) is 0 Å². The van der Waals surface area contributed by atoms with E-state index in [1.807, 2.05) is 0 Å². The molecule has 3 rings (SSSR count). The highest BCUT2D eigenvalue weighted by Crippen LogP contribution is 2.28. The van der Waals surface area contributed by atoms with Crippen LogP contribution in [0, 0.1) is 0 Å². The van der Waals surface area contributed by atoms with Gasteiger partial charge < -0.3 is 18.9 Å². The minimum Gasteiger partial charge on any atom is -0.377 e. The van der Waals surface area contributed by atoms with Crippen LogP contribution in [0.3, 0.4) is 0 Å². The molecule has 0 radical (unpaired) electrons. The molecule has 1 atom stereocenters. The van der Waals surface area contributed by atoms with Crippen molar-refractivity contribution in [2.24, 2.45) is 0 Å². The van der Waals surface area contributed by atoms with Gasteiger partial charge in [0, 0.05) is 23.7 Å². The normalized spacial score (nSPS) is 17.7. The van der Waals surface area contributed by atoms with Crippen molar-refractivity contribution >= 4 is 29.1 Å². The fourth-order valence-corrected chi connectivity index (χ4v) is 3.19. The van der Waals surface area contributed by atoms with Gasteiger partial charge in [-0.2, -0.15) is 4.98 Å². The zero-order valence-electron chi connectivity index (χ0n) is 13.6. The van der Waals surface area contributed by atoms with Crippen LogP contribution < -0.4 is 0 Å².